The van der Waals surface area contributed by atoms with E-state index < -0.39 is 4.92 Å². The van der Waals surface area contributed by atoms with Gasteiger partial charge in [0.15, 0.2) is 0 Å². The number of nitrogens with zero attached hydrogens (tertiary/aromatic N) is 2. The molecule has 0 spiro atoms. The minimum Gasteiger partial charge on any atom is -0.459 e. The van der Waals surface area contributed by atoms with Gasteiger partial charge in [0, 0.05) is 11.5 Å². The van der Waals surface area contributed by atoms with Crippen molar-refractivity contribution >= 4 is 22.3 Å². The van der Waals surface area contributed by atoms with E-state index >= 15 is 0 Å². The molecule has 6 heteroatoms. The number of furan rings is 1. The number of para-hydroxylation sites is 1. The van der Waals surface area contributed by atoms with Crippen LogP contribution in [0.15, 0.2) is 52.9 Å². The van der Waals surface area contributed by atoms with Crippen LogP contribution in [0.25, 0.3) is 11.0 Å². The predicted molar refractivity (Wildman–Crippen MR) is 86.1 cm³/mol. The van der Waals surface area contributed by atoms with Crippen LogP contribution in [0.4, 0.5) is 11.4 Å². The van der Waals surface area contributed by atoms with Gasteiger partial charge in [-0.25, -0.2) is 0 Å². The summed E-state index contributed by atoms with van der Waals surface area (Å²) in [5, 5.41) is 24.1. The SMILES string of the molecule is C[C@@H](Nc1cc(C#N)ccc1[N+](=O)[O-])c1cc2ccccc2o1. The monoisotopic (exact) mass is 307 g/mol. The molecule has 0 unspecified atom stereocenters. The second kappa shape index (κ2) is 5.81. The van der Waals surface area contributed by atoms with E-state index in [1.54, 1.807) is 0 Å². The number of nitrogens with one attached hydrogen (secondary N) is 1. The number of nitro benzene ring substituents is 1. The minimum atomic E-state index is -0.477. The highest BCUT2D eigenvalue weighted by molar-refractivity contribution is 5.78. The molecule has 6 nitrogen and oxygen atoms in total. The molecular weight excluding hydrogens is 294 g/mol. The Morgan fingerprint density at radius 1 is 1.26 bits per heavy atom. The molecule has 0 radical (unpaired) electrons. The van der Waals surface area contributed by atoms with Crippen molar-refractivity contribution in [1.82, 2.24) is 0 Å². The van der Waals surface area contributed by atoms with Crippen LogP contribution < -0.4 is 5.32 Å². The Balaban J connectivity index is 1.94. The fourth-order valence-electron chi connectivity index (χ4n) is 2.40. The van der Waals surface area contributed by atoms with Crippen LogP contribution in [0.3, 0.4) is 0 Å². The van der Waals surface area contributed by atoms with E-state index in [1.165, 1.54) is 18.2 Å². The van der Waals surface area contributed by atoms with Gasteiger partial charge >= 0.3 is 0 Å². The van der Waals surface area contributed by atoms with Crippen LogP contribution in [-0.2, 0) is 0 Å². The lowest BCUT2D eigenvalue weighted by Crippen LogP contribution is -2.07. The Bertz CT molecular complexity index is 891. The lowest BCUT2D eigenvalue weighted by molar-refractivity contribution is -0.384. The molecule has 0 aliphatic heterocycles. The maximum absolute atomic E-state index is 11.1. The fraction of sp³-hybridized carbons (Fsp3) is 0.118. The quantitative estimate of drug-likeness (QED) is 0.570. The van der Waals surface area contributed by atoms with Gasteiger partial charge in [0.1, 0.15) is 17.0 Å². The van der Waals surface area contributed by atoms with Crippen LogP contribution in [0.1, 0.15) is 24.3 Å². The molecule has 23 heavy (non-hydrogen) atoms. The minimum absolute atomic E-state index is 0.0769. The number of anilines is 1. The number of benzene rings is 2. The summed E-state index contributed by atoms with van der Waals surface area (Å²) in [4.78, 5) is 10.7. The molecule has 1 aromatic heterocycles. The topological polar surface area (TPSA) is 92.1 Å². The summed E-state index contributed by atoms with van der Waals surface area (Å²) in [5.41, 5.74) is 1.33. The lowest BCUT2D eigenvalue weighted by Gasteiger charge is -2.13. The number of nitriles is 1. The Labute approximate surface area is 132 Å². The normalized spacial score (nSPS) is 11.8. The van der Waals surface area contributed by atoms with Crippen LogP contribution in [0, 0.1) is 21.4 Å². The molecule has 0 saturated carbocycles. The molecular formula is C17H13N3O3. The van der Waals surface area contributed by atoms with Gasteiger partial charge in [0.05, 0.1) is 22.6 Å². The van der Waals surface area contributed by atoms with Gasteiger partial charge in [-0.2, -0.15) is 5.26 Å². The summed E-state index contributed by atoms with van der Waals surface area (Å²) in [7, 11) is 0. The first-order chi connectivity index (χ1) is 11.1. The summed E-state index contributed by atoms with van der Waals surface area (Å²) >= 11 is 0. The maximum atomic E-state index is 11.1. The smallest absolute Gasteiger partial charge is 0.292 e. The summed E-state index contributed by atoms with van der Waals surface area (Å²) in [6.45, 7) is 1.85. The van der Waals surface area contributed by atoms with Crippen LogP contribution in [0.5, 0.6) is 0 Å². The third-order valence-electron chi connectivity index (χ3n) is 3.57. The molecule has 0 aliphatic carbocycles. The summed E-state index contributed by atoms with van der Waals surface area (Å²) in [6, 6.07) is 15.4. The molecule has 1 atom stereocenters. The first-order valence-corrected chi connectivity index (χ1v) is 7.02. The fourth-order valence-corrected chi connectivity index (χ4v) is 2.40. The van der Waals surface area contributed by atoms with Gasteiger partial charge in [-0.15, -0.1) is 0 Å². The first kappa shape index (κ1) is 14.6. The highest BCUT2D eigenvalue weighted by Crippen LogP contribution is 2.31. The van der Waals surface area contributed by atoms with Crippen LogP contribution in [0.2, 0.25) is 0 Å². The van der Waals surface area contributed by atoms with Gasteiger partial charge in [0.25, 0.3) is 5.69 Å². The molecule has 1 N–H and O–H groups in total. The van der Waals surface area contributed by atoms with Crippen molar-refractivity contribution in [2.45, 2.75) is 13.0 Å². The Kier molecular flexibility index (Phi) is 3.69. The Morgan fingerprint density at radius 2 is 2.04 bits per heavy atom. The third kappa shape index (κ3) is 2.85. The average molecular weight is 307 g/mol. The van der Waals surface area contributed by atoms with Gasteiger partial charge in [-0.3, -0.25) is 10.1 Å². The average Bonchev–Trinajstić information content (AvgIpc) is 2.98. The van der Waals surface area contributed by atoms with E-state index in [0.29, 0.717) is 17.0 Å². The highest BCUT2D eigenvalue weighted by Gasteiger charge is 2.18. The number of rotatable bonds is 4. The number of nitro groups is 1. The molecule has 0 fully saturated rings. The molecule has 3 rings (SSSR count). The second-order valence-electron chi connectivity index (χ2n) is 5.15. The van der Waals surface area contributed by atoms with E-state index in [-0.39, 0.29) is 11.7 Å². The Morgan fingerprint density at radius 3 is 2.74 bits per heavy atom. The highest BCUT2D eigenvalue weighted by atomic mass is 16.6. The van der Waals surface area contributed by atoms with Crippen molar-refractivity contribution in [3.8, 4) is 6.07 Å². The van der Waals surface area contributed by atoms with Crippen molar-refractivity contribution in [3.63, 3.8) is 0 Å². The standard InChI is InChI=1S/C17H13N3O3/c1-11(17-9-13-4-2-3-5-16(13)23-17)19-14-8-12(10-18)6-7-15(14)20(21)22/h2-9,11,19H,1H3/t11-/m1/s1. The molecule has 0 amide bonds. The molecule has 114 valence electrons. The van der Waals surface area contributed by atoms with Crippen molar-refractivity contribution in [2.24, 2.45) is 0 Å². The zero-order valence-corrected chi connectivity index (χ0v) is 12.3. The van der Waals surface area contributed by atoms with Gasteiger partial charge in [0.2, 0.25) is 0 Å². The van der Waals surface area contributed by atoms with E-state index in [1.807, 2.05) is 43.3 Å². The Hall–Kier alpha value is -3.33. The van der Waals surface area contributed by atoms with Crippen LogP contribution in [-0.4, -0.2) is 4.92 Å². The molecule has 2 aromatic carbocycles. The summed E-state index contributed by atoms with van der Waals surface area (Å²) < 4.78 is 5.76. The molecule has 0 aliphatic rings. The van der Waals surface area contributed by atoms with Crippen molar-refractivity contribution in [1.29, 1.82) is 5.26 Å². The van der Waals surface area contributed by atoms with Crippen molar-refractivity contribution in [2.75, 3.05) is 5.32 Å². The van der Waals surface area contributed by atoms with Crippen molar-refractivity contribution < 1.29 is 9.34 Å². The molecule has 3 aromatic rings. The molecule has 0 saturated heterocycles. The zero-order chi connectivity index (χ0) is 16.4. The number of hydrogen-bond donors (Lipinski definition) is 1. The van der Waals surface area contributed by atoms with E-state index in [0.717, 1.165) is 11.0 Å². The van der Waals surface area contributed by atoms with Gasteiger partial charge in [-0.05, 0) is 31.2 Å². The molecule has 1 heterocycles. The van der Waals surface area contributed by atoms with Gasteiger partial charge < -0.3 is 9.73 Å². The first-order valence-electron chi connectivity index (χ1n) is 7.02. The van der Waals surface area contributed by atoms with E-state index in [9.17, 15) is 10.1 Å². The number of hydrogen-bond acceptors (Lipinski definition) is 5. The van der Waals surface area contributed by atoms with E-state index in [4.69, 9.17) is 9.68 Å². The zero-order valence-electron chi connectivity index (χ0n) is 12.3. The third-order valence-corrected chi connectivity index (χ3v) is 3.57. The molecule has 0 bridgehead atoms. The van der Waals surface area contributed by atoms with Crippen molar-refractivity contribution in [3.05, 3.63) is 70.0 Å². The van der Waals surface area contributed by atoms with Gasteiger partial charge in [-0.1, -0.05) is 18.2 Å². The van der Waals surface area contributed by atoms with Crippen LogP contribution >= 0.6 is 0 Å². The number of fused-ring (bicyclic) bond motifs is 1. The second-order valence-corrected chi connectivity index (χ2v) is 5.15. The largest absolute Gasteiger partial charge is 0.459 e. The predicted octanol–water partition coefficient (Wildman–Crippen LogP) is 4.39. The van der Waals surface area contributed by atoms with E-state index in [2.05, 4.69) is 5.32 Å². The summed E-state index contributed by atoms with van der Waals surface area (Å²) in [5.74, 6) is 0.669. The lowest BCUT2D eigenvalue weighted by atomic mass is 10.1. The summed E-state index contributed by atoms with van der Waals surface area (Å²) in [6.07, 6.45) is 0. The maximum Gasteiger partial charge on any atom is 0.292 e.